The number of benzene rings is 3. The smallest absolute Gasteiger partial charge is 0.407 e. The predicted molar refractivity (Wildman–Crippen MR) is 156 cm³/mol. The number of carbonyl (C=O) groups excluding carboxylic acids is 2. The molecule has 216 valence electrons. The quantitative estimate of drug-likeness (QED) is 0.255. The van der Waals surface area contributed by atoms with Crippen molar-refractivity contribution in [2.24, 2.45) is 5.92 Å². The van der Waals surface area contributed by atoms with Crippen LogP contribution in [0.15, 0.2) is 78.9 Å². The molecule has 1 unspecified atom stereocenters. The summed E-state index contributed by atoms with van der Waals surface area (Å²) in [6.07, 6.45) is -0.549. The van der Waals surface area contributed by atoms with E-state index in [1.165, 1.54) is 0 Å². The average molecular weight is 559 g/mol. The number of hydrogen-bond acceptors (Lipinski definition) is 5. The fraction of sp³-hybridized carbons (Fsp3) is 0.364. The number of nitrogens with one attached hydrogen (secondary N) is 2. The highest BCUT2D eigenvalue weighted by Crippen LogP contribution is 2.44. The van der Waals surface area contributed by atoms with Crippen molar-refractivity contribution < 1.29 is 29.0 Å². The van der Waals surface area contributed by atoms with Crippen LogP contribution in [0.3, 0.4) is 0 Å². The van der Waals surface area contributed by atoms with E-state index in [1.807, 2.05) is 80.6 Å². The van der Waals surface area contributed by atoms with Crippen molar-refractivity contribution in [3.8, 4) is 11.1 Å². The van der Waals surface area contributed by atoms with Crippen molar-refractivity contribution in [3.63, 3.8) is 0 Å². The van der Waals surface area contributed by atoms with Crippen LogP contribution < -0.4 is 10.6 Å². The van der Waals surface area contributed by atoms with Gasteiger partial charge in [0.25, 0.3) is 0 Å². The molecular weight excluding hydrogens is 520 g/mol. The zero-order valence-electron chi connectivity index (χ0n) is 23.7. The maximum atomic E-state index is 13.3. The van der Waals surface area contributed by atoms with Crippen LogP contribution in [0.5, 0.6) is 0 Å². The lowest BCUT2D eigenvalue weighted by Crippen LogP contribution is -2.55. The van der Waals surface area contributed by atoms with Crippen molar-refractivity contribution in [2.45, 2.75) is 64.3 Å². The summed E-state index contributed by atoms with van der Waals surface area (Å²) in [5.41, 5.74) is 5.31. The lowest BCUT2D eigenvalue weighted by atomic mass is 9.98. The third-order valence-corrected chi connectivity index (χ3v) is 7.37. The molecule has 0 saturated heterocycles. The molecule has 3 aromatic rings. The second kappa shape index (κ2) is 13.9. The number of carboxylic acid groups (broad SMARTS) is 1. The molecule has 2 amide bonds. The Kier molecular flexibility index (Phi) is 10.1. The molecule has 0 fully saturated rings. The van der Waals surface area contributed by atoms with Crippen LogP contribution in [0.2, 0.25) is 0 Å². The molecule has 0 saturated carbocycles. The largest absolute Gasteiger partial charge is 0.480 e. The Balaban J connectivity index is 1.39. The highest BCUT2D eigenvalue weighted by Gasteiger charge is 2.32. The summed E-state index contributed by atoms with van der Waals surface area (Å²) in [6, 6.07) is 23.2. The normalized spacial score (nSPS) is 14.4. The lowest BCUT2D eigenvalue weighted by molar-refractivity contribution is -0.146. The first-order valence-electron chi connectivity index (χ1n) is 14.0. The minimum absolute atomic E-state index is 0.112. The maximum absolute atomic E-state index is 13.3. The van der Waals surface area contributed by atoms with Gasteiger partial charge in [0.1, 0.15) is 12.6 Å². The van der Waals surface area contributed by atoms with Gasteiger partial charge in [-0.1, -0.05) is 92.7 Å². The minimum atomic E-state index is -1.29. The van der Waals surface area contributed by atoms with Gasteiger partial charge in [0.05, 0.1) is 12.7 Å². The lowest BCUT2D eigenvalue weighted by Gasteiger charge is -2.25. The molecule has 3 aromatic carbocycles. The van der Waals surface area contributed by atoms with Gasteiger partial charge in [-0.3, -0.25) is 4.79 Å². The fourth-order valence-electron chi connectivity index (χ4n) is 5.08. The summed E-state index contributed by atoms with van der Waals surface area (Å²) >= 11 is 0. The van der Waals surface area contributed by atoms with Crippen LogP contribution in [0, 0.1) is 5.92 Å². The monoisotopic (exact) mass is 558 g/mol. The highest BCUT2D eigenvalue weighted by molar-refractivity contribution is 5.89. The number of amides is 2. The van der Waals surface area contributed by atoms with E-state index in [-0.39, 0.29) is 25.0 Å². The number of hydrogen-bond donors (Lipinski definition) is 3. The summed E-state index contributed by atoms with van der Waals surface area (Å²) in [7, 11) is 0. The Morgan fingerprint density at radius 2 is 1.39 bits per heavy atom. The molecule has 3 atom stereocenters. The number of aliphatic carboxylic acids is 1. The van der Waals surface area contributed by atoms with E-state index >= 15 is 0 Å². The summed E-state index contributed by atoms with van der Waals surface area (Å²) in [6.45, 7) is 5.95. The zero-order chi connectivity index (χ0) is 29.4. The molecule has 41 heavy (non-hydrogen) atoms. The number of rotatable bonds is 13. The fourth-order valence-corrected chi connectivity index (χ4v) is 5.08. The third kappa shape index (κ3) is 7.73. The molecule has 3 N–H and O–H groups in total. The summed E-state index contributed by atoms with van der Waals surface area (Å²) in [4.78, 5) is 38.3. The Labute approximate surface area is 241 Å². The van der Waals surface area contributed by atoms with Crippen molar-refractivity contribution in [1.29, 1.82) is 0 Å². The molecule has 1 aliphatic rings. The van der Waals surface area contributed by atoms with Crippen LogP contribution >= 0.6 is 0 Å². The van der Waals surface area contributed by atoms with E-state index in [2.05, 4.69) is 22.8 Å². The number of alkyl carbamates (subject to hydrolysis) is 1. The minimum Gasteiger partial charge on any atom is -0.480 e. The Bertz CT molecular complexity index is 1300. The molecule has 4 rings (SSSR count). The summed E-state index contributed by atoms with van der Waals surface area (Å²) in [5, 5.41) is 15.1. The van der Waals surface area contributed by atoms with E-state index in [9.17, 15) is 19.5 Å². The van der Waals surface area contributed by atoms with Crippen molar-refractivity contribution >= 4 is 18.0 Å². The van der Waals surface area contributed by atoms with E-state index in [0.717, 1.165) is 27.8 Å². The van der Waals surface area contributed by atoms with Crippen LogP contribution in [-0.4, -0.2) is 47.9 Å². The van der Waals surface area contributed by atoms with Crippen LogP contribution in [0.25, 0.3) is 11.1 Å². The van der Waals surface area contributed by atoms with Crippen LogP contribution in [0.1, 0.15) is 56.2 Å². The third-order valence-electron chi connectivity index (χ3n) is 7.37. The molecule has 0 aromatic heterocycles. The SMILES string of the molecule is CC(C)CCC(NC(=O)OCC1c2ccccc2-c2ccccc21)C(=O)N[C@H](C(=O)O)[C@@H](C)OCc1ccccc1. The Hall–Kier alpha value is -4.17. The first-order valence-corrected chi connectivity index (χ1v) is 14.0. The van der Waals surface area contributed by atoms with Gasteiger partial charge in [-0.05, 0) is 53.5 Å². The predicted octanol–water partition coefficient (Wildman–Crippen LogP) is 5.50. The van der Waals surface area contributed by atoms with Gasteiger partial charge in [0, 0.05) is 5.92 Å². The standard InChI is InChI=1S/C33H38N2O6/c1-21(2)17-18-29(31(36)35-30(32(37)38)22(3)40-19-23-11-5-4-6-12-23)34-33(39)41-20-28-26-15-9-7-13-24(26)25-14-8-10-16-27(25)28/h4-16,21-22,28-30H,17-20H2,1-3H3,(H,34,39)(H,35,36)(H,37,38)/t22-,29?,30+/m1/s1. The number of carboxylic acids is 1. The van der Waals surface area contributed by atoms with Crippen LogP contribution in [-0.2, 0) is 25.7 Å². The average Bonchev–Trinajstić information content (AvgIpc) is 3.29. The summed E-state index contributed by atoms with van der Waals surface area (Å²) < 4.78 is 11.4. The first kappa shape index (κ1) is 29.8. The first-order chi connectivity index (χ1) is 19.7. The molecule has 0 spiro atoms. The van der Waals surface area contributed by atoms with Gasteiger partial charge in [0.15, 0.2) is 6.04 Å². The molecule has 8 heteroatoms. The highest BCUT2D eigenvalue weighted by atomic mass is 16.5. The van der Waals surface area contributed by atoms with Gasteiger partial charge in [-0.25, -0.2) is 9.59 Å². The van der Waals surface area contributed by atoms with Crippen molar-refractivity contribution in [2.75, 3.05) is 6.61 Å². The van der Waals surface area contributed by atoms with Crippen LogP contribution in [0.4, 0.5) is 4.79 Å². The van der Waals surface area contributed by atoms with E-state index in [1.54, 1.807) is 6.92 Å². The maximum Gasteiger partial charge on any atom is 0.407 e. The molecule has 1 aliphatic carbocycles. The molecule has 0 heterocycles. The molecule has 0 radical (unpaired) electrons. The van der Waals surface area contributed by atoms with Gasteiger partial charge >= 0.3 is 12.1 Å². The molecule has 0 bridgehead atoms. The second-order valence-corrected chi connectivity index (χ2v) is 10.8. The Morgan fingerprint density at radius 3 is 1.98 bits per heavy atom. The van der Waals surface area contributed by atoms with Gasteiger partial charge in [-0.2, -0.15) is 0 Å². The van der Waals surface area contributed by atoms with E-state index < -0.39 is 36.2 Å². The van der Waals surface area contributed by atoms with E-state index in [4.69, 9.17) is 9.47 Å². The zero-order valence-corrected chi connectivity index (χ0v) is 23.7. The molecular formula is C33H38N2O6. The summed E-state index contributed by atoms with van der Waals surface area (Å²) in [5.74, 6) is -1.66. The second-order valence-electron chi connectivity index (χ2n) is 10.8. The molecule has 0 aliphatic heterocycles. The number of carbonyl (C=O) groups is 3. The van der Waals surface area contributed by atoms with Gasteiger partial charge < -0.3 is 25.2 Å². The van der Waals surface area contributed by atoms with E-state index in [0.29, 0.717) is 12.8 Å². The van der Waals surface area contributed by atoms with Crippen molar-refractivity contribution in [3.05, 3.63) is 95.6 Å². The van der Waals surface area contributed by atoms with Gasteiger partial charge in [-0.15, -0.1) is 0 Å². The number of ether oxygens (including phenoxy) is 2. The topological polar surface area (TPSA) is 114 Å². The molecule has 8 nitrogen and oxygen atoms in total. The van der Waals surface area contributed by atoms with Crippen molar-refractivity contribution in [1.82, 2.24) is 10.6 Å². The number of fused-ring (bicyclic) bond motifs is 3. The van der Waals surface area contributed by atoms with Gasteiger partial charge in [0.2, 0.25) is 5.91 Å². The Morgan fingerprint density at radius 1 is 0.805 bits per heavy atom.